The molecule has 0 heterocycles. The third-order valence-electron chi connectivity index (χ3n) is 1.74. The lowest BCUT2D eigenvalue weighted by Crippen LogP contribution is -1.95. The van der Waals surface area contributed by atoms with Crippen LogP contribution in [0.5, 0.6) is 11.5 Å². The van der Waals surface area contributed by atoms with E-state index in [-0.39, 0.29) is 0 Å². The summed E-state index contributed by atoms with van der Waals surface area (Å²) in [4.78, 5) is 1.02. The maximum Gasteiger partial charge on any atom is 0.143 e. The standard InChI is InChI=1S/C9H13NO2S/c1-11-7-5-9(13-3)8(12-2)4-6(7)10/h4-5H,10H2,1-3H3. The zero-order valence-corrected chi connectivity index (χ0v) is 8.77. The number of thioether (sulfide) groups is 1. The molecule has 0 aliphatic rings. The molecule has 3 nitrogen and oxygen atoms in total. The molecule has 0 radical (unpaired) electrons. The summed E-state index contributed by atoms with van der Waals surface area (Å²) >= 11 is 1.60. The average Bonchev–Trinajstić information content (AvgIpc) is 2.17. The van der Waals surface area contributed by atoms with Crippen LogP contribution in [0.4, 0.5) is 5.69 Å². The molecule has 0 spiro atoms. The van der Waals surface area contributed by atoms with Crippen LogP contribution in [-0.4, -0.2) is 20.5 Å². The monoisotopic (exact) mass is 199 g/mol. The van der Waals surface area contributed by atoms with Crippen molar-refractivity contribution in [2.24, 2.45) is 0 Å². The molecular formula is C9H13NO2S. The number of nitrogens with two attached hydrogens (primary N) is 1. The van der Waals surface area contributed by atoms with E-state index >= 15 is 0 Å². The molecule has 0 fully saturated rings. The lowest BCUT2D eigenvalue weighted by atomic mass is 10.3. The molecule has 0 atom stereocenters. The summed E-state index contributed by atoms with van der Waals surface area (Å²) in [5.74, 6) is 1.47. The summed E-state index contributed by atoms with van der Waals surface area (Å²) in [7, 11) is 3.23. The molecular weight excluding hydrogens is 186 g/mol. The van der Waals surface area contributed by atoms with Gasteiger partial charge in [-0.25, -0.2) is 0 Å². The first kappa shape index (κ1) is 10.1. The van der Waals surface area contributed by atoms with Crippen molar-refractivity contribution in [3.05, 3.63) is 12.1 Å². The summed E-state index contributed by atoms with van der Waals surface area (Å²) in [5.41, 5.74) is 6.31. The number of hydrogen-bond acceptors (Lipinski definition) is 4. The number of hydrogen-bond donors (Lipinski definition) is 1. The minimum absolute atomic E-state index is 0.595. The van der Waals surface area contributed by atoms with Crippen molar-refractivity contribution >= 4 is 17.4 Å². The quantitative estimate of drug-likeness (QED) is 0.597. The molecule has 1 rings (SSSR count). The van der Waals surface area contributed by atoms with E-state index in [1.165, 1.54) is 0 Å². The number of anilines is 1. The van der Waals surface area contributed by atoms with Gasteiger partial charge in [-0.2, -0.15) is 0 Å². The highest BCUT2D eigenvalue weighted by Crippen LogP contribution is 2.35. The normalized spacial score (nSPS) is 9.77. The van der Waals surface area contributed by atoms with E-state index in [9.17, 15) is 0 Å². The van der Waals surface area contributed by atoms with E-state index in [1.54, 1.807) is 32.0 Å². The SMILES string of the molecule is COc1cc(SC)c(OC)cc1N. The van der Waals surface area contributed by atoms with Crippen molar-refractivity contribution in [3.63, 3.8) is 0 Å². The van der Waals surface area contributed by atoms with Crippen LogP contribution < -0.4 is 15.2 Å². The Balaban J connectivity index is 3.18. The Bertz CT molecular complexity index is 302. The highest BCUT2D eigenvalue weighted by Gasteiger charge is 2.07. The van der Waals surface area contributed by atoms with Crippen LogP contribution in [0.2, 0.25) is 0 Å². The van der Waals surface area contributed by atoms with Crippen molar-refractivity contribution in [3.8, 4) is 11.5 Å². The molecule has 0 saturated heterocycles. The lowest BCUT2D eigenvalue weighted by molar-refractivity contribution is 0.396. The number of rotatable bonds is 3. The van der Waals surface area contributed by atoms with Gasteiger partial charge in [-0.15, -0.1) is 11.8 Å². The van der Waals surface area contributed by atoms with E-state index in [2.05, 4.69) is 0 Å². The van der Waals surface area contributed by atoms with Crippen LogP contribution in [0.1, 0.15) is 0 Å². The molecule has 0 amide bonds. The van der Waals surface area contributed by atoms with Gasteiger partial charge in [0.25, 0.3) is 0 Å². The third kappa shape index (κ3) is 2.01. The van der Waals surface area contributed by atoms with Gasteiger partial charge in [0.05, 0.1) is 24.8 Å². The van der Waals surface area contributed by atoms with Crippen molar-refractivity contribution in [1.29, 1.82) is 0 Å². The molecule has 1 aromatic rings. The number of benzene rings is 1. The molecule has 4 heteroatoms. The fourth-order valence-electron chi connectivity index (χ4n) is 1.05. The van der Waals surface area contributed by atoms with Crippen LogP contribution >= 0.6 is 11.8 Å². The highest BCUT2D eigenvalue weighted by atomic mass is 32.2. The van der Waals surface area contributed by atoms with Crippen LogP contribution in [0.3, 0.4) is 0 Å². The second-order valence-corrected chi connectivity index (χ2v) is 3.30. The van der Waals surface area contributed by atoms with Gasteiger partial charge in [0.1, 0.15) is 11.5 Å². The molecule has 72 valence electrons. The number of ether oxygens (including phenoxy) is 2. The minimum atomic E-state index is 0.595. The van der Waals surface area contributed by atoms with Gasteiger partial charge >= 0.3 is 0 Å². The van der Waals surface area contributed by atoms with Gasteiger partial charge in [-0.3, -0.25) is 0 Å². The first-order valence-corrected chi connectivity index (χ1v) is 5.01. The molecule has 13 heavy (non-hydrogen) atoms. The largest absolute Gasteiger partial charge is 0.496 e. The zero-order chi connectivity index (χ0) is 9.84. The Kier molecular flexibility index (Phi) is 3.31. The van der Waals surface area contributed by atoms with Crippen molar-refractivity contribution in [1.82, 2.24) is 0 Å². The molecule has 0 saturated carbocycles. The number of methoxy groups -OCH3 is 2. The minimum Gasteiger partial charge on any atom is -0.496 e. The summed E-state index contributed by atoms with van der Waals surface area (Å²) < 4.78 is 10.3. The van der Waals surface area contributed by atoms with E-state index in [0.717, 1.165) is 10.6 Å². The van der Waals surface area contributed by atoms with Crippen LogP contribution in [0, 0.1) is 0 Å². The summed E-state index contributed by atoms with van der Waals surface area (Å²) in [6.45, 7) is 0. The van der Waals surface area contributed by atoms with E-state index in [4.69, 9.17) is 15.2 Å². The van der Waals surface area contributed by atoms with Crippen molar-refractivity contribution < 1.29 is 9.47 Å². The summed E-state index contributed by atoms with van der Waals surface area (Å²) in [5, 5.41) is 0. The lowest BCUT2D eigenvalue weighted by Gasteiger charge is -2.10. The predicted octanol–water partition coefficient (Wildman–Crippen LogP) is 2.01. The first-order chi connectivity index (χ1) is 6.22. The van der Waals surface area contributed by atoms with Crippen LogP contribution in [0.15, 0.2) is 17.0 Å². The Labute approximate surface area is 82.2 Å². The first-order valence-electron chi connectivity index (χ1n) is 3.78. The highest BCUT2D eigenvalue weighted by molar-refractivity contribution is 7.98. The Hall–Kier alpha value is -1.03. The van der Waals surface area contributed by atoms with Crippen molar-refractivity contribution in [2.75, 3.05) is 26.2 Å². The maximum absolute atomic E-state index is 5.72. The summed E-state index contributed by atoms with van der Waals surface area (Å²) in [6, 6.07) is 3.64. The summed E-state index contributed by atoms with van der Waals surface area (Å²) in [6.07, 6.45) is 1.98. The third-order valence-corrected chi connectivity index (χ3v) is 2.49. The molecule has 2 N–H and O–H groups in total. The maximum atomic E-state index is 5.72. The topological polar surface area (TPSA) is 44.5 Å². The Morgan fingerprint density at radius 2 is 1.77 bits per heavy atom. The second-order valence-electron chi connectivity index (χ2n) is 2.45. The van der Waals surface area contributed by atoms with Gasteiger partial charge in [0, 0.05) is 6.07 Å². The van der Waals surface area contributed by atoms with Gasteiger partial charge in [-0.1, -0.05) is 0 Å². The Morgan fingerprint density at radius 1 is 1.15 bits per heavy atom. The van der Waals surface area contributed by atoms with E-state index in [0.29, 0.717) is 11.4 Å². The molecule has 0 bridgehead atoms. The van der Waals surface area contributed by atoms with Crippen LogP contribution in [-0.2, 0) is 0 Å². The predicted molar refractivity (Wildman–Crippen MR) is 55.7 cm³/mol. The zero-order valence-electron chi connectivity index (χ0n) is 7.96. The fraction of sp³-hybridized carbons (Fsp3) is 0.333. The van der Waals surface area contributed by atoms with E-state index in [1.807, 2.05) is 12.3 Å². The van der Waals surface area contributed by atoms with Gasteiger partial charge < -0.3 is 15.2 Å². The van der Waals surface area contributed by atoms with Crippen LogP contribution in [0.25, 0.3) is 0 Å². The Morgan fingerprint density at radius 3 is 2.23 bits per heavy atom. The molecule has 0 unspecified atom stereocenters. The van der Waals surface area contributed by atoms with Crippen molar-refractivity contribution in [2.45, 2.75) is 4.90 Å². The molecule has 0 aliphatic heterocycles. The van der Waals surface area contributed by atoms with Gasteiger partial charge in [-0.05, 0) is 12.3 Å². The smallest absolute Gasteiger partial charge is 0.143 e. The number of nitrogen functional groups attached to an aromatic ring is 1. The van der Waals surface area contributed by atoms with Gasteiger partial charge in [0.15, 0.2) is 0 Å². The fourth-order valence-corrected chi connectivity index (χ4v) is 1.62. The van der Waals surface area contributed by atoms with Gasteiger partial charge in [0.2, 0.25) is 0 Å². The second kappa shape index (κ2) is 4.28. The molecule has 0 aliphatic carbocycles. The molecule has 1 aromatic carbocycles. The molecule has 0 aromatic heterocycles. The average molecular weight is 199 g/mol. The van der Waals surface area contributed by atoms with E-state index < -0.39 is 0 Å².